The molecule has 1 atom stereocenters. The predicted molar refractivity (Wildman–Crippen MR) is 72.9 cm³/mol. The van der Waals surface area contributed by atoms with Gasteiger partial charge >= 0.3 is 0 Å². The number of rotatable bonds is 3. The van der Waals surface area contributed by atoms with Crippen molar-refractivity contribution in [1.29, 1.82) is 5.26 Å². The summed E-state index contributed by atoms with van der Waals surface area (Å²) >= 11 is 0. The monoisotopic (exact) mass is 272 g/mol. The van der Waals surface area contributed by atoms with Gasteiger partial charge in [-0.1, -0.05) is 0 Å². The van der Waals surface area contributed by atoms with Crippen LogP contribution < -0.4 is 5.32 Å². The van der Waals surface area contributed by atoms with Gasteiger partial charge in [0.15, 0.2) is 0 Å². The van der Waals surface area contributed by atoms with Crippen molar-refractivity contribution in [2.45, 2.75) is 13.0 Å². The number of nitriles is 1. The highest BCUT2D eigenvalue weighted by Gasteiger charge is 2.13. The number of hydrogen-bond acceptors (Lipinski definition) is 4. The average Bonchev–Trinajstić information content (AvgIpc) is 2.40. The maximum Gasteiger partial charge on any atom is 0.124 e. The number of anilines is 1. The van der Waals surface area contributed by atoms with Crippen molar-refractivity contribution in [3.05, 3.63) is 53.3 Å². The van der Waals surface area contributed by atoms with Gasteiger partial charge in [0.2, 0.25) is 0 Å². The number of halogens is 1. The summed E-state index contributed by atoms with van der Waals surface area (Å²) < 4.78 is 13.1. The Morgan fingerprint density at radius 1 is 1.20 bits per heavy atom. The SMILES string of the molecule is CC(Nc1ccc(F)cc1C#N)c1ccc(O)cc1O. The fourth-order valence-electron chi connectivity index (χ4n) is 1.94. The lowest BCUT2D eigenvalue weighted by molar-refractivity contribution is 0.444. The van der Waals surface area contributed by atoms with Crippen LogP contribution in [0.4, 0.5) is 10.1 Å². The lowest BCUT2D eigenvalue weighted by Gasteiger charge is -2.18. The first kappa shape index (κ1) is 13.7. The smallest absolute Gasteiger partial charge is 0.124 e. The van der Waals surface area contributed by atoms with Crippen LogP contribution in [0.2, 0.25) is 0 Å². The fourth-order valence-corrected chi connectivity index (χ4v) is 1.94. The van der Waals surface area contributed by atoms with E-state index in [1.165, 1.54) is 24.3 Å². The lowest BCUT2D eigenvalue weighted by atomic mass is 10.1. The molecule has 3 N–H and O–H groups in total. The maximum absolute atomic E-state index is 13.1. The van der Waals surface area contributed by atoms with Crippen LogP contribution in [-0.2, 0) is 0 Å². The third-order valence-electron chi connectivity index (χ3n) is 2.95. The molecule has 2 aromatic rings. The molecule has 0 fully saturated rings. The molecule has 0 spiro atoms. The zero-order chi connectivity index (χ0) is 14.7. The molecular weight excluding hydrogens is 259 g/mol. The Hall–Kier alpha value is -2.74. The summed E-state index contributed by atoms with van der Waals surface area (Å²) in [7, 11) is 0. The van der Waals surface area contributed by atoms with Crippen LogP contribution in [0.25, 0.3) is 0 Å². The summed E-state index contributed by atoms with van der Waals surface area (Å²) in [6, 6.07) is 9.76. The minimum Gasteiger partial charge on any atom is -0.508 e. The minimum absolute atomic E-state index is 0.0297. The van der Waals surface area contributed by atoms with Crippen molar-refractivity contribution < 1.29 is 14.6 Å². The second kappa shape index (κ2) is 5.49. The van der Waals surface area contributed by atoms with Crippen LogP contribution in [0.15, 0.2) is 36.4 Å². The summed E-state index contributed by atoms with van der Waals surface area (Å²) in [4.78, 5) is 0. The van der Waals surface area contributed by atoms with Gasteiger partial charge < -0.3 is 15.5 Å². The molecule has 0 bridgehead atoms. The number of aromatic hydroxyl groups is 2. The molecule has 102 valence electrons. The van der Waals surface area contributed by atoms with Crippen molar-refractivity contribution in [2.24, 2.45) is 0 Å². The van der Waals surface area contributed by atoms with Crippen LogP contribution in [0, 0.1) is 17.1 Å². The van der Waals surface area contributed by atoms with E-state index in [0.29, 0.717) is 11.3 Å². The van der Waals surface area contributed by atoms with E-state index in [4.69, 9.17) is 5.26 Å². The van der Waals surface area contributed by atoms with E-state index in [2.05, 4.69) is 5.32 Å². The van der Waals surface area contributed by atoms with Crippen molar-refractivity contribution in [3.63, 3.8) is 0 Å². The van der Waals surface area contributed by atoms with Crippen LogP contribution >= 0.6 is 0 Å². The van der Waals surface area contributed by atoms with E-state index in [-0.39, 0.29) is 23.1 Å². The topological polar surface area (TPSA) is 76.3 Å². The Kier molecular flexibility index (Phi) is 3.76. The second-order valence-electron chi connectivity index (χ2n) is 4.41. The quantitative estimate of drug-likeness (QED) is 0.801. The molecule has 0 amide bonds. The number of phenols is 2. The molecule has 0 aromatic heterocycles. The normalized spacial score (nSPS) is 11.7. The molecule has 4 nitrogen and oxygen atoms in total. The van der Waals surface area contributed by atoms with E-state index in [1.54, 1.807) is 13.0 Å². The Balaban J connectivity index is 2.28. The van der Waals surface area contributed by atoms with Crippen LogP contribution in [0.3, 0.4) is 0 Å². The molecule has 0 aliphatic carbocycles. The number of nitrogens with one attached hydrogen (secondary N) is 1. The molecule has 0 saturated carbocycles. The van der Waals surface area contributed by atoms with E-state index in [9.17, 15) is 14.6 Å². The highest BCUT2D eigenvalue weighted by atomic mass is 19.1. The first-order chi connectivity index (χ1) is 9.51. The first-order valence-electron chi connectivity index (χ1n) is 5.99. The Bertz CT molecular complexity index is 680. The number of nitrogens with zero attached hydrogens (tertiary/aromatic N) is 1. The number of hydrogen-bond donors (Lipinski definition) is 3. The van der Waals surface area contributed by atoms with E-state index in [0.717, 1.165) is 6.07 Å². The van der Waals surface area contributed by atoms with Gasteiger partial charge in [-0.25, -0.2) is 4.39 Å². The summed E-state index contributed by atoms with van der Waals surface area (Å²) in [5.41, 5.74) is 1.24. The zero-order valence-electron chi connectivity index (χ0n) is 10.8. The van der Waals surface area contributed by atoms with Crippen molar-refractivity contribution >= 4 is 5.69 Å². The zero-order valence-corrected chi connectivity index (χ0v) is 10.8. The molecule has 5 heteroatoms. The fraction of sp³-hybridized carbons (Fsp3) is 0.133. The average molecular weight is 272 g/mol. The van der Waals surface area contributed by atoms with Crippen molar-refractivity contribution in [3.8, 4) is 17.6 Å². The third kappa shape index (κ3) is 2.81. The molecule has 0 aliphatic rings. The predicted octanol–water partition coefficient (Wildman–Crippen LogP) is 3.28. The molecule has 0 saturated heterocycles. The molecule has 2 aromatic carbocycles. The largest absolute Gasteiger partial charge is 0.508 e. The minimum atomic E-state index is -0.479. The Morgan fingerprint density at radius 2 is 1.95 bits per heavy atom. The molecular formula is C15H13FN2O2. The standard InChI is InChI=1S/C15H13FN2O2/c1-9(13-4-3-12(19)7-15(13)20)18-14-5-2-11(16)6-10(14)8-17/h2-7,9,18-20H,1H3. The van der Waals surface area contributed by atoms with Gasteiger partial charge in [-0.15, -0.1) is 0 Å². The van der Waals surface area contributed by atoms with Gasteiger partial charge in [0.05, 0.1) is 17.3 Å². The number of phenolic OH excluding ortho intramolecular Hbond substituents is 2. The lowest BCUT2D eigenvalue weighted by Crippen LogP contribution is -2.08. The van der Waals surface area contributed by atoms with Gasteiger partial charge in [0, 0.05) is 11.6 Å². The summed E-state index contributed by atoms with van der Waals surface area (Å²) in [6.45, 7) is 1.79. The molecule has 20 heavy (non-hydrogen) atoms. The summed E-state index contributed by atoms with van der Waals surface area (Å²) in [5, 5.41) is 31.1. The highest BCUT2D eigenvalue weighted by molar-refractivity contribution is 5.59. The van der Waals surface area contributed by atoms with Crippen molar-refractivity contribution in [2.75, 3.05) is 5.32 Å². The molecule has 1 unspecified atom stereocenters. The van der Waals surface area contributed by atoms with Gasteiger partial charge in [0.25, 0.3) is 0 Å². The first-order valence-corrected chi connectivity index (χ1v) is 5.99. The molecule has 0 radical (unpaired) electrons. The van der Waals surface area contributed by atoms with Gasteiger partial charge in [-0.05, 0) is 37.3 Å². The summed E-state index contributed by atoms with van der Waals surface area (Å²) in [5.74, 6) is -0.559. The van der Waals surface area contributed by atoms with E-state index < -0.39 is 5.82 Å². The van der Waals surface area contributed by atoms with Gasteiger partial charge in [-0.2, -0.15) is 5.26 Å². The highest BCUT2D eigenvalue weighted by Crippen LogP contribution is 2.30. The Morgan fingerprint density at radius 3 is 2.60 bits per heavy atom. The third-order valence-corrected chi connectivity index (χ3v) is 2.95. The van der Waals surface area contributed by atoms with Crippen LogP contribution in [0.5, 0.6) is 11.5 Å². The molecule has 2 rings (SSSR count). The van der Waals surface area contributed by atoms with Crippen LogP contribution in [0.1, 0.15) is 24.1 Å². The second-order valence-corrected chi connectivity index (χ2v) is 4.41. The Labute approximate surface area is 115 Å². The van der Waals surface area contributed by atoms with E-state index >= 15 is 0 Å². The number of benzene rings is 2. The van der Waals surface area contributed by atoms with Gasteiger partial charge in [0.1, 0.15) is 23.4 Å². The van der Waals surface area contributed by atoms with Crippen LogP contribution in [-0.4, -0.2) is 10.2 Å². The van der Waals surface area contributed by atoms with Gasteiger partial charge in [-0.3, -0.25) is 0 Å². The molecule has 0 heterocycles. The molecule has 0 aliphatic heterocycles. The summed E-state index contributed by atoms with van der Waals surface area (Å²) in [6.07, 6.45) is 0. The van der Waals surface area contributed by atoms with Crippen molar-refractivity contribution in [1.82, 2.24) is 0 Å². The van der Waals surface area contributed by atoms with E-state index in [1.807, 2.05) is 6.07 Å². The maximum atomic E-state index is 13.1.